The molecule has 20 heavy (non-hydrogen) atoms. The summed E-state index contributed by atoms with van der Waals surface area (Å²) in [5.41, 5.74) is 0.797. The maximum Gasteiger partial charge on any atom is 0.252 e. The highest BCUT2D eigenvalue weighted by molar-refractivity contribution is 9.09. The van der Waals surface area contributed by atoms with E-state index >= 15 is 0 Å². The molecular formula is C16H22BrNOS. The minimum absolute atomic E-state index is 0.0637. The highest BCUT2D eigenvalue weighted by Gasteiger charge is 2.24. The Morgan fingerprint density at radius 3 is 2.70 bits per heavy atom. The molecule has 1 aliphatic rings. The Morgan fingerprint density at radius 1 is 1.30 bits per heavy atom. The maximum atomic E-state index is 12.3. The molecule has 1 aliphatic carbocycles. The summed E-state index contributed by atoms with van der Waals surface area (Å²) in [4.78, 5) is 13.4. The van der Waals surface area contributed by atoms with E-state index in [1.54, 1.807) is 11.8 Å². The van der Waals surface area contributed by atoms with Gasteiger partial charge in [0, 0.05) is 16.8 Å². The van der Waals surface area contributed by atoms with Gasteiger partial charge in [-0.2, -0.15) is 0 Å². The fourth-order valence-electron chi connectivity index (χ4n) is 2.91. The van der Waals surface area contributed by atoms with Gasteiger partial charge < -0.3 is 5.32 Å². The van der Waals surface area contributed by atoms with Crippen molar-refractivity contribution >= 4 is 33.6 Å². The number of hydrogen-bond acceptors (Lipinski definition) is 2. The number of alkyl halides is 1. The summed E-state index contributed by atoms with van der Waals surface area (Å²) in [5, 5.41) is 4.19. The lowest BCUT2D eigenvalue weighted by atomic mass is 9.80. The maximum absolute atomic E-state index is 12.3. The molecule has 0 aliphatic heterocycles. The van der Waals surface area contributed by atoms with E-state index in [0.717, 1.165) is 22.3 Å². The van der Waals surface area contributed by atoms with Crippen molar-refractivity contribution in [2.24, 2.45) is 11.8 Å². The first-order valence-electron chi connectivity index (χ1n) is 7.23. The Balaban J connectivity index is 1.94. The van der Waals surface area contributed by atoms with Gasteiger partial charge in [0.15, 0.2) is 0 Å². The predicted molar refractivity (Wildman–Crippen MR) is 89.8 cm³/mol. The van der Waals surface area contributed by atoms with Crippen LogP contribution < -0.4 is 5.32 Å². The van der Waals surface area contributed by atoms with Crippen LogP contribution in [-0.2, 0) is 0 Å². The molecule has 1 N–H and O–H groups in total. The summed E-state index contributed by atoms with van der Waals surface area (Å²) in [6, 6.07) is 7.81. The number of nitrogens with one attached hydrogen (secondary N) is 1. The highest BCUT2D eigenvalue weighted by Crippen LogP contribution is 2.31. The molecular weight excluding hydrogens is 334 g/mol. The van der Waals surface area contributed by atoms with Crippen LogP contribution in [0.2, 0.25) is 0 Å². The number of halogens is 1. The first kappa shape index (κ1) is 15.9. The molecule has 1 amide bonds. The molecule has 2 unspecified atom stereocenters. The van der Waals surface area contributed by atoms with Gasteiger partial charge in [0.2, 0.25) is 0 Å². The molecule has 110 valence electrons. The van der Waals surface area contributed by atoms with Gasteiger partial charge in [-0.3, -0.25) is 4.79 Å². The third-order valence-corrected chi connectivity index (χ3v) is 5.77. The predicted octanol–water partition coefficient (Wildman–Crippen LogP) is 4.34. The van der Waals surface area contributed by atoms with E-state index in [9.17, 15) is 4.79 Å². The first-order chi connectivity index (χ1) is 9.76. The van der Waals surface area contributed by atoms with Crippen LogP contribution >= 0.6 is 27.7 Å². The SMILES string of the molecule is CSc1ccccc1C(=O)NCC1CCCCC1CBr. The number of carbonyl (C=O) groups excluding carboxylic acids is 1. The Bertz CT molecular complexity index is 452. The van der Waals surface area contributed by atoms with Crippen LogP contribution in [0.25, 0.3) is 0 Å². The average molecular weight is 356 g/mol. The monoisotopic (exact) mass is 355 g/mol. The summed E-state index contributed by atoms with van der Waals surface area (Å²) in [7, 11) is 0. The Kier molecular flexibility index (Phi) is 6.43. The molecule has 0 heterocycles. The Labute approximate surface area is 134 Å². The van der Waals surface area contributed by atoms with Gasteiger partial charge >= 0.3 is 0 Å². The van der Waals surface area contributed by atoms with Gasteiger partial charge in [-0.25, -0.2) is 0 Å². The molecule has 0 spiro atoms. The summed E-state index contributed by atoms with van der Waals surface area (Å²) in [5.74, 6) is 1.39. The average Bonchev–Trinajstić information content (AvgIpc) is 2.52. The summed E-state index contributed by atoms with van der Waals surface area (Å²) in [6.07, 6.45) is 7.16. The molecule has 2 rings (SSSR count). The molecule has 1 aromatic rings. The molecule has 2 nitrogen and oxygen atoms in total. The molecule has 1 aromatic carbocycles. The van der Waals surface area contributed by atoms with Crippen molar-refractivity contribution in [2.75, 3.05) is 18.1 Å². The van der Waals surface area contributed by atoms with Crippen molar-refractivity contribution in [1.82, 2.24) is 5.32 Å². The third kappa shape index (κ3) is 4.01. The van der Waals surface area contributed by atoms with Gasteiger partial charge in [-0.15, -0.1) is 11.8 Å². The van der Waals surface area contributed by atoms with Crippen LogP contribution in [0.3, 0.4) is 0 Å². The second kappa shape index (κ2) is 8.08. The second-order valence-electron chi connectivity index (χ2n) is 5.37. The number of carbonyl (C=O) groups is 1. The van der Waals surface area contributed by atoms with E-state index in [4.69, 9.17) is 0 Å². The van der Waals surface area contributed by atoms with E-state index in [0.29, 0.717) is 11.8 Å². The summed E-state index contributed by atoms with van der Waals surface area (Å²) < 4.78 is 0. The van der Waals surface area contributed by atoms with Crippen molar-refractivity contribution in [3.63, 3.8) is 0 Å². The molecule has 0 aromatic heterocycles. The molecule has 2 atom stereocenters. The van der Waals surface area contributed by atoms with Crippen LogP contribution in [0.15, 0.2) is 29.2 Å². The van der Waals surface area contributed by atoms with Crippen LogP contribution in [0, 0.1) is 11.8 Å². The van der Waals surface area contributed by atoms with Crippen LogP contribution in [-0.4, -0.2) is 24.0 Å². The van der Waals surface area contributed by atoms with Crippen molar-refractivity contribution in [3.8, 4) is 0 Å². The fraction of sp³-hybridized carbons (Fsp3) is 0.562. The Hall–Kier alpha value is -0.480. The van der Waals surface area contributed by atoms with Gasteiger partial charge in [0.05, 0.1) is 5.56 Å². The highest BCUT2D eigenvalue weighted by atomic mass is 79.9. The molecule has 0 bridgehead atoms. The van der Waals surface area contributed by atoms with Crippen molar-refractivity contribution in [2.45, 2.75) is 30.6 Å². The van der Waals surface area contributed by atoms with Crippen LogP contribution in [0.1, 0.15) is 36.0 Å². The smallest absolute Gasteiger partial charge is 0.252 e. The van der Waals surface area contributed by atoms with Crippen LogP contribution in [0.4, 0.5) is 0 Å². The van der Waals surface area contributed by atoms with Crippen molar-refractivity contribution in [3.05, 3.63) is 29.8 Å². The summed E-state index contributed by atoms with van der Waals surface area (Å²) in [6.45, 7) is 0.803. The lowest BCUT2D eigenvalue weighted by Gasteiger charge is -2.30. The number of hydrogen-bond donors (Lipinski definition) is 1. The molecule has 0 saturated heterocycles. The molecule has 1 fully saturated rings. The van der Waals surface area contributed by atoms with E-state index < -0.39 is 0 Å². The number of rotatable bonds is 5. The standard InChI is InChI=1S/C16H22BrNOS/c1-20-15-9-5-4-8-14(15)16(19)18-11-13-7-3-2-6-12(13)10-17/h4-5,8-9,12-13H,2-3,6-7,10-11H2,1H3,(H,18,19). The minimum atomic E-state index is 0.0637. The Morgan fingerprint density at radius 2 is 2.00 bits per heavy atom. The second-order valence-corrected chi connectivity index (χ2v) is 6.86. The molecule has 0 radical (unpaired) electrons. The third-order valence-electron chi connectivity index (χ3n) is 4.14. The number of benzene rings is 1. The lowest BCUT2D eigenvalue weighted by molar-refractivity contribution is 0.0934. The zero-order valence-electron chi connectivity index (χ0n) is 11.9. The molecule has 4 heteroatoms. The van der Waals surface area contributed by atoms with Crippen molar-refractivity contribution < 1.29 is 4.79 Å². The number of amides is 1. The minimum Gasteiger partial charge on any atom is -0.352 e. The lowest BCUT2D eigenvalue weighted by Crippen LogP contribution is -2.35. The fourth-order valence-corrected chi connectivity index (χ4v) is 4.36. The van der Waals surface area contributed by atoms with Gasteiger partial charge in [0.1, 0.15) is 0 Å². The van der Waals surface area contributed by atoms with E-state index in [2.05, 4.69) is 21.2 Å². The summed E-state index contributed by atoms with van der Waals surface area (Å²) >= 11 is 5.23. The zero-order chi connectivity index (χ0) is 14.4. The van der Waals surface area contributed by atoms with Crippen LogP contribution in [0.5, 0.6) is 0 Å². The van der Waals surface area contributed by atoms with Gasteiger partial charge in [-0.1, -0.05) is 40.9 Å². The largest absolute Gasteiger partial charge is 0.352 e. The van der Waals surface area contributed by atoms with E-state index in [1.165, 1.54) is 25.7 Å². The number of thioether (sulfide) groups is 1. The van der Waals surface area contributed by atoms with Crippen molar-refractivity contribution in [1.29, 1.82) is 0 Å². The first-order valence-corrected chi connectivity index (χ1v) is 9.58. The topological polar surface area (TPSA) is 29.1 Å². The normalized spacial score (nSPS) is 22.5. The quantitative estimate of drug-likeness (QED) is 0.628. The van der Waals surface area contributed by atoms with Gasteiger partial charge in [-0.05, 0) is 43.1 Å². The van der Waals surface area contributed by atoms with E-state index in [1.807, 2.05) is 30.5 Å². The van der Waals surface area contributed by atoms with Gasteiger partial charge in [0.25, 0.3) is 5.91 Å². The zero-order valence-corrected chi connectivity index (χ0v) is 14.3. The molecule has 1 saturated carbocycles. The van der Waals surface area contributed by atoms with E-state index in [-0.39, 0.29) is 5.91 Å².